The Bertz CT molecular complexity index is 480. The maximum Gasteiger partial charge on any atom is 0.408 e. The van der Waals surface area contributed by atoms with Gasteiger partial charge >= 0.3 is 12.1 Å². The van der Waals surface area contributed by atoms with Crippen LogP contribution in [0.15, 0.2) is 0 Å². The van der Waals surface area contributed by atoms with Gasteiger partial charge in [-0.15, -0.1) is 0 Å². The van der Waals surface area contributed by atoms with Crippen molar-refractivity contribution in [3.63, 3.8) is 0 Å². The minimum Gasteiger partial charge on any atom is -0.450 e. The highest BCUT2D eigenvalue weighted by atomic mass is 16.6. The summed E-state index contributed by atoms with van der Waals surface area (Å²) in [6.45, 7) is 8.52. The summed E-state index contributed by atoms with van der Waals surface area (Å²) < 4.78 is 10.1. The van der Waals surface area contributed by atoms with Crippen molar-refractivity contribution in [2.75, 3.05) is 0 Å². The SMILES string of the molecule is CC(C)[C@H](NC(=O)OC(C)(C)C)C(=O)O[C@H]1CC(=O)NC1=O. The molecule has 0 radical (unpaired) electrons. The fraction of sp³-hybridized carbons (Fsp3) is 0.714. The van der Waals surface area contributed by atoms with Crippen molar-refractivity contribution in [2.24, 2.45) is 5.92 Å². The number of imide groups is 1. The predicted octanol–water partition coefficient (Wildman–Crippen LogP) is 0.494. The summed E-state index contributed by atoms with van der Waals surface area (Å²) in [5, 5.41) is 4.47. The molecule has 1 aliphatic rings. The van der Waals surface area contributed by atoms with Crippen molar-refractivity contribution >= 4 is 23.9 Å². The Kier molecular flexibility index (Phi) is 5.51. The minimum atomic E-state index is -1.15. The van der Waals surface area contributed by atoms with Gasteiger partial charge in [-0.2, -0.15) is 0 Å². The average molecular weight is 314 g/mol. The highest BCUT2D eigenvalue weighted by Crippen LogP contribution is 2.13. The van der Waals surface area contributed by atoms with Crippen molar-refractivity contribution in [2.45, 2.75) is 58.8 Å². The van der Waals surface area contributed by atoms with Gasteiger partial charge < -0.3 is 14.8 Å². The molecule has 22 heavy (non-hydrogen) atoms. The second-order valence-corrected chi connectivity index (χ2v) is 6.41. The minimum absolute atomic E-state index is 0.207. The van der Waals surface area contributed by atoms with E-state index in [1.54, 1.807) is 34.6 Å². The number of hydrogen-bond donors (Lipinski definition) is 2. The van der Waals surface area contributed by atoms with Gasteiger partial charge in [-0.1, -0.05) is 13.8 Å². The number of carbonyl (C=O) groups is 4. The molecular formula is C14H22N2O6. The summed E-state index contributed by atoms with van der Waals surface area (Å²) in [4.78, 5) is 46.3. The van der Waals surface area contributed by atoms with Crippen molar-refractivity contribution < 1.29 is 28.7 Å². The highest BCUT2D eigenvalue weighted by Gasteiger charge is 2.37. The van der Waals surface area contributed by atoms with E-state index < -0.39 is 41.6 Å². The Labute approximate surface area is 128 Å². The molecule has 0 bridgehead atoms. The third-order valence-electron chi connectivity index (χ3n) is 2.78. The summed E-state index contributed by atoms with van der Waals surface area (Å²) in [7, 11) is 0. The molecule has 1 aliphatic heterocycles. The number of amides is 3. The van der Waals surface area contributed by atoms with Crippen LogP contribution in [0, 0.1) is 5.92 Å². The normalized spacial score (nSPS) is 19.6. The zero-order valence-electron chi connectivity index (χ0n) is 13.4. The van der Waals surface area contributed by atoms with Crippen LogP contribution in [0.3, 0.4) is 0 Å². The molecule has 1 fully saturated rings. The van der Waals surface area contributed by atoms with E-state index in [4.69, 9.17) is 9.47 Å². The Morgan fingerprint density at radius 2 is 1.86 bits per heavy atom. The average Bonchev–Trinajstić information content (AvgIpc) is 2.62. The van der Waals surface area contributed by atoms with Crippen LogP contribution in [0.5, 0.6) is 0 Å². The van der Waals surface area contributed by atoms with Gasteiger partial charge in [-0.3, -0.25) is 14.9 Å². The van der Waals surface area contributed by atoms with E-state index in [0.29, 0.717) is 0 Å². The largest absolute Gasteiger partial charge is 0.450 e. The van der Waals surface area contributed by atoms with Gasteiger partial charge in [0.05, 0.1) is 6.42 Å². The lowest BCUT2D eigenvalue weighted by Crippen LogP contribution is -2.48. The van der Waals surface area contributed by atoms with E-state index in [2.05, 4.69) is 5.32 Å². The molecule has 1 rings (SSSR count). The molecule has 2 N–H and O–H groups in total. The van der Waals surface area contributed by atoms with Crippen LogP contribution in [0.1, 0.15) is 41.0 Å². The Hall–Kier alpha value is -2.12. The topological polar surface area (TPSA) is 111 Å². The quantitative estimate of drug-likeness (QED) is 0.577. The van der Waals surface area contributed by atoms with Crippen LogP contribution in [-0.2, 0) is 23.9 Å². The molecule has 1 saturated heterocycles. The predicted molar refractivity (Wildman–Crippen MR) is 75.6 cm³/mol. The molecule has 0 unspecified atom stereocenters. The van der Waals surface area contributed by atoms with Crippen LogP contribution in [0.2, 0.25) is 0 Å². The molecule has 1 heterocycles. The lowest BCUT2D eigenvalue weighted by Gasteiger charge is -2.25. The van der Waals surface area contributed by atoms with E-state index in [1.165, 1.54) is 0 Å². The van der Waals surface area contributed by atoms with Gasteiger partial charge in [0.1, 0.15) is 11.6 Å². The third kappa shape index (κ3) is 5.34. The van der Waals surface area contributed by atoms with Gasteiger partial charge in [0, 0.05) is 0 Å². The number of nitrogens with one attached hydrogen (secondary N) is 2. The lowest BCUT2D eigenvalue weighted by molar-refractivity contribution is -0.157. The number of ether oxygens (including phenoxy) is 2. The van der Waals surface area contributed by atoms with E-state index in [9.17, 15) is 19.2 Å². The second-order valence-electron chi connectivity index (χ2n) is 6.41. The van der Waals surface area contributed by atoms with Crippen molar-refractivity contribution in [1.82, 2.24) is 10.6 Å². The van der Waals surface area contributed by atoms with Gasteiger partial charge in [0.25, 0.3) is 5.91 Å². The molecule has 8 heteroatoms. The Morgan fingerprint density at radius 3 is 2.27 bits per heavy atom. The molecule has 0 aliphatic carbocycles. The molecule has 124 valence electrons. The fourth-order valence-corrected chi connectivity index (χ4v) is 1.77. The second kappa shape index (κ2) is 6.76. The lowest BCUT2D eigenvalue weighted by atomic mass is 10.0. The van der Waals surface area contributed by atoms with Gasteiger partial charge in [0.15, 0.2) is 6.10 Å². The van der Waals surface area contributed by atoms with Crippen LogP contribution in [0.4, 0.5) is 4.79 Å². The smallest absolute Gasteiger partial charge is 0.408 e. The van der Waals surface area contributed by atoms with Crippen LogP contribution < -0.4 is 10.6 Å². The van der Waals surface area contributed by atoms with Crippen molar-refractivity contribution in [3.05, 3.63) is 0 Å². The van der Waals surface area contributed by atoms with Crippen molar-refractivity contribution in [3.8, 4) is 0 Å². The molecule has 0 spiro atoms. The maximum atomic E-state index is 12.1. The number of alkyl carbamates (subject to hydrolysis) is 1. The van der Waals surface area contributed by atoms with Gasteiger partial charge in [-0.25, -0.2) is 9.59 Å². The Morgan fingerprint density at radius 1 is 1.27 bits per heavy atom. The zero-order valence-corrected chi connectivity index (χ0v) is 13.4. The first-order valence-electron chi connectivity index (χ1n) is 7.03. The van der Waals surface area contributed by atoms with Crippen molar-refractivity contribution in [1.29, 1.82) is 0 Å². The molecule has 2 atom stereocenters. The summed E-state index contributed by atoms with van der Waals surface area (Å²) in [5.74, 6) is -2.21. The maximum absolute atomic E-state index is 12.1. The number of rotatable bonds is 4. The molecule has 8 nitrogen and oxygen atoms in total. The molecule has 0 aromatic carbocycles. The van der Waals surface area contributed by atoms with E-state index in [0.717, 1.165) is 0 Å². The first kappa shape index (κ1) is 17.9. The van der Waals surface area contributed by atoms with Crippen LogP contribution in [-0.4, -0.2) is 41.6 Å². The summed E-state index contributed by atoms with van der Waals surface area (Å²) in [5.41, 5.74) is -0.701. The first-order chi connectivity index (χ1) is 9.99. The number of esters is 1. The Balaban J connectivity index is 2.66. The van der Waals surface area contributed by atoms with Crippen LogP contribution >= 0.6 is 0 Å². The molecular weight excluding hydrogens is 292 g/mol. The third-order valence-corrected chi connectivity index (χ3v) is 2.78. The molecule has 0 saturated carbocycles. The fourth-order valence-electron chi connectivity index (χ4n) is 1.77. The highest BCUT2D eigenvalue weighted by molar-refractivity contribution is 6.05. The molecule has 0 aromatic heterocycles. The zero-order chi connectivity index (χ0) is 17.1. The first-order valence-corrected chi connectivity index (χ1v) is 7.03. The van der Waals surface area contributed by atoms with Crippen LogP contribution in [0.25, 0.3) is 0 Å². The summed E-state index contributed by atoms with van der Waals surface area (Å²) in [6, 6.07) is -0.974. The number of carbonyl (C=O) groups excluding carboxylic acids is 4. The monoisotopic (exact) mass is 314 g/mol. The van der Waals surface area contributed by atoms with Gasteiger partial charge in [0.2, 0.25) is 5.91 Å². The number of hydrogen-bond acceptors (Lipinski definition) is 6. The van der Waals surface area contributed by atoms with Gasteiger partial charge in [-0.05, 0) is 26.7 Å². The summed E-state index contributed by atoms with van der Waals surface area (Å²) >= 11 is 0. The molecule has 3 amide bonds. The summed E-state index contributed by atoms with van der Waals surface area (Å²) in [6.07, 6.45) is -2.11. The van der Waals surface area contributed by atoms with E-state index in [-0.39, 0.29) is 12.3 Å². The standard InChI is InChI=1S/C14H22N2O6/c1-7(2)10(16-13(20)22-14(3,4)5)12(19)21-8-6-9(17)15-11(8)18/h7-8,10H,6H2,1-5H3,(H,16,20)(H,15,17,18)/t8-,10-/m0/s1. The molecule has 0 aromatic rings. The van der Waals surface area contributed by atoms with E-state index in [1.807, 2.05) is 5.32 Å². The van der Waals surface area contributed by atoms with E-state index >= 15 is 0 Å².